The Morgan fingerprint density at radius 3 is 2.64 bits per heavy atom. The second kappa shape index (κ2) is 5.24. The van der Waals surface area contributed by atoms with Gasteiger partial charge >= 0.3 is 0 Å². The first kappa shape index (κ1) is 15.8. The number of halogens is 1. The van der Waals surface area contributed by atoms with Crippen molar-refractivity contribution >= 4 is 33.0 Å². The molecule has 0 N–H and O–H groups in total. The van der Waals surface area contributed by atoms with Crippen LogP contribution in [-0.4, -0.2) is 30.9 Å². The van der Waals surface area contributed by atoms with Gasteiger partial charge in [0.1, 0.15) is 4.75 Å². The molecule has 22 heavy (non-hydrogen) atoms. The molecule has 1 aliphatic heterocycles. The third-order valence-corrected chi connectivity index (χ3v) is 7.78. The van der Waals surface area contributed by atoms with Crippen LogP contribution in [0.5, 0.6) is 0 Å². The molecule has 6 heteroatoms. The van der Waals surface area contributed by atoms with Crippen molar-refractivity contribution < 1.29 is 13.2 Å². The summed E-state index contributed by atoms with van der Waals surface area (Å²) in [4.78, 5) is 14.6. The number of carbonyl (C=O) groups is 1. The zero-order valence-corrected chi connectivity index (χ0v) is 14.4. The number of benzene rings is 1. The molecule has 0 atom stereocenters. The van der Waals surface area contributed by atoms with Crippen LogP contribution in [0.15, 0.2) is 18.2 Å². The Bertz CT molecular complexity index is 723. The molecular formula is C16H20ClNO3S. The van der Waals surface area contributed by atoms with Gasteiger partial charge in [-0.15, -0.1) is 0 Å². The summed E-state index contributed by atoms with van der Waals surface area (Å²) in [7, 11) is -3.44. The van der Waals surface area contributed by atoms with Crippen LogP contribution >= 0.6 is 11.6 Å². The predicted octanol–water partition coefficient (Wildman–Crippen LogP) is 2.98. The molecule has 1 aliphatic carbocycles. The monoisotopic (exact) mass is 341 g/mol. The summed E-state index contributed by atoms with van der Waals surface area (Å²) >= 11 is 6.02. The van der Waals surface area contributed by atoms with Crippen molar-refractivity contribution in [2.75, 3.05) is 11.4 Å². The van der Waals surface area contributed by atoms with Gasteiger partial charge in [0.15, 0.2) is 9.84 Å². The lowest BCUT2D eigenvalue weighted by Gasteiger charge is -2.35. The maximum absolute atomic E-state index is 13.0. The molecule has 0 saturated heterocycles. The second-order valence-corrected chi connectivity index (χ2v) is 9.80. The number of fused-ring (bicyclic) bond motifs is 1. The van der Waals surface area contributed by atoms with Crippen molar-refractivity contribution in [3.8, 4) is 0 Å². The summed E-state index contributed by atoms with van der Waals surface area (Å²) in [5, 5.41) is 0.291. The predicted molar refractivity (Wildman–Crippen MR) is 88.1 cm³/mol. The van der Waals surface area contributed by atoms with Crippen LogP contribution in [0.25, 0.3) is 0 Å². The van der Waals surface area contributed by atoms with Gasteiger partial charge in [0.2, 0.25) is 5.91 Å². The van der Waals surface area contributed by atoms with E-state index >= 15 is 0 Å². The topological polar surface area (TPSA) is 54.5 Å². The summed E-state index contributed by atoms with van der Waals surface area (Å²) < 4.78 is 23.8. The van der Waals surface area contributed by atoms with E-state index in [0.29, 0.717) is 24.4 Å². The third-order valence-electron chi connectivity index (χ3n) is 4.59. The maximum Gasteiger partial charge on any atom is 0.247 e. The Morgan fingerprint density at radius 2 is 2.00 bits per heavy atom. The van der Waals surface area contributed by atoms with Crippen LogP contribution in [0, 0.1) is 0 Å². The van der Waals surface area contributed by atoms with E-state index < -0.39 is 14.6 Å². The fourth-order valence-corrected chi connectivity index (χ4v) is 5.16. The van der Waals surface area contributed by atoms with Crippen molar-refractivity contribution in [2.45, 2.75) is 49.5 Å². The molecule has 0 radical (unpaired) electrons. The van der Waals surface area contributed by atoms with E-state index in [4.69, 9.17) is 11.6 Å². The Labute approximate surface area is 136 Å². The molecule has 3 rings (SSSR count). The number of hydrogen-bond acceptors (Lipinski definition) is 3. The first-order valence-electron chi connectivity index (χ1n) is 7.59. The van der Waals surface area contributed by atoms with Crippen molar-refractivity contribution in [1.29, 1.82) is 0 Å². The first-order valence-corrected chi connectivity index (χ1v) is 9.51. The summed E-state index contributed by atoms with van der Waals surface area (Å²) in [6, 6.07) is 5.42. The van der Waals surface area contributed by atoms with E-state index in [-0.39, 0.29) is 11.2 Å². The number of sulfone groups is 1. The lowest BCUT2D eigenvalue weighted by Crippen LogP contribution is -2.52. The summed E-state index contributed by atoms with van der Waals surface area (Å²) in [6.45, 7) is 3.62. The highest BCUT2D eigenvalue weighted by atomic mass is 35.5. The van der Waals surface area contributed by atoms with Gasteiger partial charge in [-0.3, -0.25) is 4.79 Å². The molecule has 1 aromatic carbocycles. The molecule has 4 nitrogen and oxygen atoms in total. The standard InChI is InChI=1S/C16H20ClNO3S/c1-16(2,22(20,21)13-6-7-13)15(19)18-9-3-4-11-10-12(17)5-8-14(11)18/h5,8,10,13H,3-4,6-7,9H2,1-2H3. The average molecular weight is 342 g/mol. The van der Waals surface area contributed by atoms with Gasteiger partial charge < -0.3 is 4.90 Å². The first-order chi connectivity index (χ1) is 10.2. The van der Waals surface area contributed by atoms with Crippen LogP contribution in [0.3, 0.4) is 0 Å². The van der Waals surface area contributed by atoms with E-state index in [1.807, 2.05) is 12.1 Å². The number of amides is 1. The van der Waals surface area contributed by atoms with Gasteiger partial charge in [-0.2, -0.15) is 0 Å². The lowest BCUT2D eigenvalue weighted by atomic mass is 10.00. The molecule has 1 fully saturated rings. The highest BCUT2D eigenvalue weighted by Crippen LogP contribution is 2.39. The van der Waals surface area contributed by atoms with Crippen LogP contribution in [0.4, 0.5) is 5.69 Å². The van der Waals surface area contributed by atoms with Gasteiger partial charge in [-0.25, -0.2) is 8.42 Å². The molecule has 0 aromatic heterocycles. The number of aryl methyl sites for hydroxylation is 1. The number of hydrogen-bond donors (Lipinski definition) is 0. The Morgan fingerprint density at radius 1 is 1.32 bits per heavy atom. The normalized spacial score (nSPS) is 19.0. The van der Waals surface area contributed by atoms with E-state index in [0.717, 1.165) is 24.1 Å². The van der Waals surface area contributed by atoms with Gasteiger partial charge in [0.05, 0.1) is 5.25 Å². The zero-order chi connectivity index (χ0) is 16.1. The van der Waals surface area contributed by atoms with Crippen molar-refractivity contribution in [3.63, 3.8) is 0 Å². The molecule has 1 saturated carbocycles. The minimum absolute atomic E-state index is 0.331. The number of nitrogens with zero attached hydrogens (tertiary/aromatic N) is 1. The minimum Gasteiger partial charge on any atom is -0.311 e. The smallest absolute Gasteiger partial charge is 0.247 e. The number of rotatable bonds is 3. The SMILES string of the molecule is CC(C)(C(=O)N1CCCc2cc(Cl)ccc21)S(=O)(=O)C1CC1. The molecule has 0 unspecified atom stereocenters. The molecule has 1 aromatic rings. The maximum atomic E-state index is 13.0. The third kappa shape index (κ3) is 2.44. The van der Waals surface area contributed by atoms with E-state index in [1.165, 1.54) is 13.8 Å². The summed E-state index contributed by atoms with van der Waals surface area (Å²) in [5.74, 6) is -0.331. The second-order valence-electron chi connectivity index (χ2n) is 6.59. The average Bonchev–Trinajstić information content (AvgIpc) is 3.30. The Kier molecular flexibility index (Phi) is 3.76. The Balaban J connectivity index is 1.97. The fourth-order valence-electron chi connectivity index (χ4n) is 3.02. The van der Waals surface area contributed by atoms with Crippen LogP contribution in [0.2, 0.25) is 5.02 Å². The van der Waals surface area contributed by atoms with Gasteiger partial charge in [0, 0.05) is 17.3 Å². The quantitative estimate of drug-likeness (QED) is 0.849. The van der Waals surface area contributed by atoms with E-state index in [9.17, 15) is 13.2 Å². The zero-order valence-electron chi connectivity index (χ0n) is 12.8. The van der Waals surface area contributed by atoms with Crippen LogP contribution in [-0.2, 0) is 21.1 Å². The molecule has 2 aliphatic rings. The summed E-state index contributed by atoms with van der Waals surface area (Å²) in [5.41, 5.74) is 1.80. The number of carbonyl (C=O) groups excluding carboxylic acids is 1. The van der Waals surface area contributed by atoms with Gasteiger partial charge in [-0.1, -0.05) is 11.6 Å². The van der Waals surface area contributed by atoms with Gasteiger partial charge in [0.25, 0.3) is 0 Å². The Hall–Kier alpha value is -1.07. The number of anilines is 1. The van der Waals surface area contributed by atoms with Crippen LogP contribution < -0.4 is 4.90 Å². The highest BCUT2D eigenvalue weighted by molar-refractivity contribution is 7.94. The molecule has 0 bridgehead atoms. The van der Waals surface area contributed by atoms with Crippen molar-refractivity contribution in [1.82, 2.24) is 0 Å². The van der Waals surface area contributed by atoms with Crippen molar-refractivity contribution in [3.05, 3.63) is 28.8 Å². The molecule has 120 valence electrons. The summed E-state index contributed by atoms with van der Waals surface area (Å²) in [6.07, 6.45) is 3.02. The van der Waals surface area contributed by atoms with Crippen molar-refractivity contribution in [2.24, 2.45) is 0 Å². The molecule has 1 amide bonds. The van der Waals surface area contributed by atoms with E-state index in [1.54, 1.807) is 11.0 Å². The van der Waals surface area contributed by atoms with E-state index in [2.05, 4.69) is 0 Å². The fraction of sp³-hybridized carbons (Fsp3) is 0.562. The molecular weight excluding hydrogens is 322 g/mol. The molecule has 1 heterocycles. The van der Waals surface area contributed by atoms with Crippen LogP contribution in [0.1, 0.15) is 38.7 Å². The lowest BCUT2D eigenvalue weighted by molar-refractivity contribution is -0.120. The molecule has 0 spiro atoms. The highest BCUT2D eigenvalue weighted by Gasteiger charge is 2.52. The largest absolute Gasteiger partial charge is 0.311 e. The minimum atomic E-state index is -3.44. The van der Waals surface area contributed by atoms with Gasteiger partial charge in [-0.05, 0) is 63.3 Å².